The lowest BCUT2D eigenvalue weighted by Crippen LogP contribution is -2.25. The van der Waals surface area contributed by atoms with Gasteiger partial charge in [-0.2, -0.15) is 0 Å². The Kier molecular flexibility index (Phi) is 3.44. The van der Waals surface area contributed by atoms with Crippen LogP contribution in [0.4, 0.5) is 0 Å². The van der Waals surface area contributed by atoms with Crippen molar-refractivity contribution in [3.8, 4) is 0 Å². The van der Waals surface area contributed by atoms with Crippen LogP contribution < -0.4 is 0 Å². The van der Waals surface area contributed by atoms with Crippen molar-refractivity contribution >= 4 is 34.8 Å². The second kappa shape index (κ2) is 3.11. The lowest BCUT2D eigenvalue weighted by atomic mass is 10.3. The summed E-state index contributed by atoms with van der Waals surface area (Å²) in [6.45, 7) is 1.33. The number of alkyl halides is 3. The standard InChI is InChI=1S/C4H7Cl3O/c1-4(6,7)3(5)2-8/h3,8H,2H2,1H3. The van der Waals surface area contributed by atoms with Crippen LogP contribution in [0.3, 0.4) is 0 Å². The van der Waals surface area contributed by atoms with Crippen molar-refractivity contribution < 1.29 is 5.11 Å². The Bertz CT molecular complexity index is 68.2. The third-order valence-corrected chi connectivity index (χ3v) is 2.03. The second-order valence-corrected chi connectivity index (χ2v) is 3.90. The van der Waals surface area contributed by atoms with Crippen LogP contribution in [0.25, 0.3) is 0 Å². The molecule has 0 saturated carbocycles. The Morgan fingerprint density at radius 2 is 2.00 bits per heavy atom. The van der Waals surface area contributed by atoms with E-state index in [-0.39, 0.29) is 6.61 Å². The van der Waals surface area contributed by atoms with E-state index in [0.29, 0.717) is 0 Å². The molecule has 0 spiro atoms. The zero-order valence-electron chi connectivity index (χ0n) is 4.37. The van der Waals surface area contributed by atoms with E-state index in [2.05, 4.69) is 0 Å². The molecule has 1 N–H and O–H groups in total. The van der Waals surface area contributed by atoms with Crippen LogP contribution in [0.5, 0.6) is 0 Å². The third-order valence-electron chi connectivity index (χ3n) is 0.710. The lowest BCUT2D eigenvalue weighted by molar-refractivity contribution is 0.287. The van der Waals surface area contributed by atoms with E-state index in [4.69, 9.17) is 39.9 Å². The maximum atomic E-state index is 8.37. The van der Waals surface area contributed by atoms with Gasteiger partial charge in [0.2, 0.25) is 0 Å². The molecule has 8 heavy (non-hydrogen) atoms. The van der Waals surface area contributed by atoms with Gasteiger partial charge in [-0.25, -0.2) is 0 Å². The van der Waals surface area contributed by atoms with Gasteiger partial charge in [-0.1, -0.05) is 0 Å². The highest BCUT2D eigenvalue weighted by atomic mass is 35.5. The molecule has 0 amide bonds. The van der Waals surface area contributed by atoms with Gasteiger partial charge in [0, 0.05) is 0 Å². The zero-order chi connectivity index (χ0) is 6.78. The normalized spacial score (nSPS) is 16.1. The molecule has 0 aliphatic rings. The Morgan fingerprint density at radius 1 is 1.62 bits per heavy atom. The van der Waals surface area contributed by atoms with Gasteiger partial charge in [0.15, 0.2) is 0 Å². The van der Waals surface area contributed by atoms with Crippen molar-refractivity contribution in [3.63, 3.8) is 0 Å². The van der Waals surface area contributed by atoms with Crippen molar-refractivity contribution in [1.82, 2.24) is 0 Å². The highest BCUT2D eigenvalue weighted by Gasteiger charge is 2.26. The molecule has 4 heteroatoms. The van der Waals surface area contributed by atoms with Crippen LogP contribution >= 0.6 is 34.8 Å². The van der Waals surface area contributed by atoms with E-state index in [1.54, 1.807) is 0 Å². The van der Waals surface area contributed by atoms with Gasteiger partial charge in [0.25, 0.3) is 0 Å². The summed E-state index contributed by atoms with van der Waals surface area (Å²) in [5.41, 5.74) is 0. The molecule has 0 saturated heterocycles. The quantitative estimate of drug-likeness (QED) is 0.638. The van der Waals surface area contributed by atoms with Crippen LogP contribution in [-0.4, -0.2) is 21.4 Å². The topological polar surface area (TPSA) is 20.2 Å². The molecule has 0 aliphatic heterocycles. The van der Waals surface area contributed by atoms with Crippen LogP contribution in [0.15, 0.2) is 0 Å². The summed E-state index contributed by atoms with van der Waals surface area (Å²) in [6, 6.07) is 0. The predicted molar refractivity (Wildman–Crippen MR) is 36.8 cm³/mol. The molecule has 0 bridgehead atoms. The molecule has 0 fully saturated rings. The largest absolute Gasteiger partial charge is 0.395 e. The highest BCUT2D eigenvalue weighted by Crippen LogP contribution is 2.27. The number of hydrogen-bond acceptors (Lipinski definition) is 1. The molecule has 50 valence electrons. The Balaban J connectivity index is 3.62. The minimum Gasteiger partial charge on any atom is -0.395 e. The summed E-state index contributed by atoms with van der Waals surface area (Å²) in [5, 5.41) is 7.78. The first kappa shape index (κ1) is 8.83. The molecule has 0 rings (SSSR count). The summed E-state index contributed by atoms with van der Waals surface area (Å²) in [6.07, 6.45) is 0. The van der Waals surface area contributed by atoms with Gasteiger partial charge in [-0.3, -0.25) is 0 Å². The smallest absolute Gasteiger partial charge is 0.134 e. The molecule has 1 atom stereocenters. The van der Waals surface area contributed by atoms with E-state index in [1.807, 2.05) is 0 Å². The average molecular weight is 177 g/mol. The molecular weight excluding hydrogens is 170 g/mol. The van der Waals surface area contributed by atoms with Crippen LogP contribution in [0.1, 0.15) is 6.92 Å². The lowest BCUT2D eigenvalue weighted by Gasteiger charge is -2.16. The number of hydrogen-bond donors (Lipinski definition) is 1. The van der Waals surface area contributed by atoms with Crippen molar-refractivity contribution in [2.45, 2.75) is 16.6 Å². The van der Waals surface area contributed by atoms with Crippen LogP contribution in [0.2, 0.25) is 0 Å². The molecule has 0 radical (unpaired) electrons. The number of aliphatic hydroxyl groups is 1. The Morgan fingerprint density at radius 3 is 2.00 bits per heavy atom. The van der Waals surface area contributed by atoms with Gasteiger partial charge >= 0.3 is 0 Å². The highest BCUT2D eigenvalue weighted by molar-refractivity contribution is 6.52. The first-order valence-electron chi connectivity index (χ1n) is 2.11. The molecular formula is C4H7Cl3O. The van der Waals surface area contributed by atoms with Crippen molar-refractivity contribution in [2.24, 2.45) is 0 Å². The van der Waals surface area contributed by atoms with Crippen LogP contribution in [0, 0.1) is 0 Å². The summed E-state index contributed by atoms with van der Waals surface area (Å²) >= 11 is 16.3. The second-order valence-electron chi connectivity index (χ2n) is 1.61. The van der Waals surface area contributed by atoms with Crippen LogP contribution in [-0.2, 0) is 0 Å². The van der Waals surface area contributed by atoms with E-state index in [9.17, 15) is 0 Å². The fourth-order valence-electron chi connectivity index (χ4n) is 0.160. The minimum atomic E-state index is -1.03. The van der Waals surface area contributed by atoms with Gasteiger partial charge in [0.05, 0.1) is 12.0 Å². The molecule has 0 heterocycles. The van der Waals surface area contributed by atoms with Crippen molar-refractivity contribution in [2.75, 3.05) is 6.61 Å². The monoisotopic (exact) mass is 176 g/mol. The van der Waals surface area contributed by atoms with Gasteiger partial charge in [-0.05, 0) is 6.92 Å². The predicted octanol–water partition coefficient (Wildman–Crippen LogP) is 1.78. The van der Waals surface area contributed by atoms with E-state index >= 15 is 0 Å². The molecule has 1 nitrogen and oxygen atoms in total. The minimum absolute atomic E-state index is 0.203. The summed E-state index contributed by atoms with van der Waals surface area (Å²) < 4.78 is -1.03. The van der Waals surface area contributed by atoms with E-state index in [0.717, 1.165) is 0 Å². The van der Waals surface area contributed by atoms with E-state index in [1.165, 1.54) is 6.92 Å². The van der Waals surface area contributed by atoms with Gasteiger partial charge in [0.1, 0.15) is 4.33 Å². The Labute approximate surface area is 63.5 Å². The van der Waals surface area contributed by atoms with Crippen molar-refractivity contribution in [3.05, 3.63) is 0 Å². The summed E-state index contributed by atoms with van der Waals surface area (Å²) in [5.74, 6) is 0. The molecule has 0 aliphatic carbocycles. The van der Waals surface area contributed by atoms with Gasteiger partial charge < -0.3 is 5.11 Å². The number of rotatable bonds is 2. The number of aliphatic hydroxyl groups excluding tert-OH is 1. The summed E-state index contributed by atoms with van der Waals surface area (Å²) in [4.78, 5) is 0. The maximum absolute atomic E-state index is 8.37. The first-order valence-corrected chi connectivity index (χ1v) is 3.30. The van der Waals surface area contributed by atoms with Gasteiger partial charge in [-0.15, -0.1) is 34.8 Å². The fourth-order valence-corrected chi connectivity index (χ4v) is 0.298. The first-order chi connectivity index (χ1) is 3.48. The van der Waals surface area contributed by atoms with E-state index < -0.39 is 9.71 Å². The molecule has 0 aromatic carbocycles. The zero-order valence-corrected chi connectivity index (χ0v) is 6.63. The molecule has 0 aromatic rings. The van der Waals surface area contributed by atoms with Crippen molar-refractivity contribution in [1.29, 1.82) is 0 Å². The number of halogens is 3. The fraction of sp³-hybridized carbons (Fsp3) is 1.00. The SMILES string of the molecule is CC(Cl)(Cl)C(Cl)CO. The average Bonchev–Trinajstić information content (AvgIpc) is 1.62. The molecule has 1 unspecified atom stereocenters. The third kappa shape index (κ3) is 2.98. The maximum Gasteiger partial charge on any atom is 0.134 e. The molecule has 0 aromatic heterocycles. The summed E-state index contributed by atoms with van der Waals surface area (Å²) in [7, 11) is 0. The Hall–Kier alpha value is 0.830.